The van der Waals surface area contributed by atoms with Gasteiger partial charge in [0.15, 0.2) is 11.3 Å². The van der Waals surface area contributed by atoms with E-state index in [0.29, 0.717) is 0 Å². The van der Waals surface area contributed by atoms with E-state index in [1.807, 2.05) is 34.9 Å². The van der Waals surface area contributed by atoms with Gasteiger partial charge in [0.2, 0.25) is 0 Å². The summed E-state index contributed by atoms with van der Waals surface area (Å²) in [6, 6.07) is 27.2. The van der Waals surface area contributed by atoms with Crippen LogP contribution in [-0.2, 0) is 6.54 Å². The molecule has 0 bridgehead atoms. The Morgan fingerprint density at radius 2 is 1.74 bits per heavy atom. The topological polar surface area (TPSA) is 57.2 Å². The Morgan fingerprint density at radius 1 is 0.886 bits per heavy atom. The molecule has 0 unspecified atom stereocenters. The van der Waals surface area contributed by atoms with Gasteiger partial charge in [-0.2, -0.15) is 0 Å². The van der Waals surface area contributed by atoms with Gasteiger partial charge in [-0.1, -0.05) is 60.7 Å². The first-order chi connectivity index (χ1) is 17.3. The summed E-state index contributed by atoms with van der Waals surface area (Å²) in [5, 5.41) is 2.26. The minimum absolute atomic E-state index is 0.726. The van der Waals surface area contributed by atoms with Crippen LogP contribution in [0.2, 0.25) is 0 Å². The third-order valence-corrected chi connectivity index (χ3v) is 6.58. The number of rotatable bonds is 4. The van der Waals surface area contributed by atoms with E-state index in [-0.39, 0.29) is 0 Å². The lowest BCUT2D eigenvalue weighted by Gasteiger charge is -2.12. The van der Waals surface area contributed by atoms with Crippen molar-refractivity contribution in [3.05, 3.63) is 103 Å². The Bertz CT molecular complexity index is 1870. The Balaban J connectivity index is 1.69. The van der Waals surface area contributed by atoms with E-state index < -0.39 is 0 Å². The van der Waals surface area contributed by atoms with Crippen molar-refractivity contribution < 1.29 is 4.74 Å². The first kappa shape index (κ1) is 19.7. The molecule has 6 heteroatoms. The average molecular weight is 456 g/mol. The fourth-order valence-corrected chi connectivity index (χ4v) is 5.02. The van der Waals surface area contributed by atoms with E-state index in [0.717, 1.165) is 62.2 Å². The Labute approximate surface area is 201 Å². The SMILES string of the molecule is COc1cccc(-c2nc3c(nc4cnccn43)c3c4ccccc4n(Cc4ccccc4)c23)c1. The van der Waals surface area contributed by atoms with Crippen molar-refractivity contribution in [2.45, 2.75) is 6.54 Å². The average Bonchev–Trinajstić information content (AvgIpc) is 3.45. The molecular weight excluding hydrogens is 434 g/mol. The molecule has 0 atom stereocenters. The molecule has 6 nitrogen and oxygen atoms in total. The third kappa shape index (κ3) is 3.00. The van der Waals surface area contributed by atoms with E-state index in [2.05, 4.69) is 64.1 Å². The number of imidazole rings is 1. The van der Waals surface area contributed by atoms with Crippen molar-refractivity contribution in [3.8, 4) is 17.0 Å². The van der Waals surface area contributed by atoms with Gasteiger partial charge in [-0.05, 0) is 23.8 Å². The molecule has 0 saturated carbocycles. The van der Waals surface area contributed by atoms with E-state index >= 15 is 0 Å². The van der Waals surface area contributed by atoms with Gasteiger partial charge in [-0.15, -0.1) is 0 Å². The van der Waals surface area contributed by atoms with Crippen LogP contribution >= 0.6 is 0 Å². The molecule has 0 amide bonds. The van der Waals surface area contributed by atoms with Crippen LogP contribution in [0, 0.1) is 0 Å². The van der Waals surface area contributed by atoms with Gasteiger partial charge >= 0.3 is 0 Å². The minimum atomic E-state index is 0.726. The number of pyridine rings is 1. The molecule has 0 saturated heterocycles. The van der Waals surface area contributed by atoms with Gasteiger partial charge in [-0.25, -0.2) is 9.97 Å². The maximum Gasteiger partial charge on any atom is 0.165 e. The molecule has 0 N–H and O–H groups in total. The smallest absolute Gasteiger partial charge is 0.165 e. The molecular formula is C29H21N5O. The summed E-state index contributed by atoms with van der Waals surface area (Å²) in [6.45, 7) is 0.726. The van der Waals surface area contributed by atoms with Crippen LogP contribution in [0.15, 0.2) is 97.5 Å². The first-order valence-electron chi connectivity index (χ1n) is 11.5. The number of nitrogens with zero attached hydrogens (tertiary/aromatic N) is 5. The van der Waals surface area contributed by atoms with Crippen LogP contribution in [0.25, 0.3) is 49.9 Å². The molecule has 0 aliphatic heterocycles. The number of fused-ring (bicyclic) bond motifs is 7. The molecule has 0 fully saturated rings. The van der Waals surface area contributed by atoms with Crippen LogP contribution in [-0.4, -0.2) is 31.0 Å². The van der Waals surface area contributed by atoms with Crippen LogP contribution in [0.3, 0.4) is 0 Å². The second-order valence-corrected chi connectivity index (χ2v) is 8.59. The summed E-state index contributed by atoms with van der Waals surface area (Å²) in [5.74, 6) is 0.797. The number of aromatic nitrogens is 5. The zero-order chi connectivity index (χ0) is 23.4. The molecule has 35 heavy (non-hydrogen) atoms. The summed E-state index contributed by atoms with van der Waals surface area (Å²) in [7, 11) is 1.69. The Morgan fingerprint density at radius 3 is 2.63 bits per heavy atom. The van der Waals surface area contributed by atoms with Crippen LogP contribution in [0.1, 0.15) is 5.56 Å². The van der Waals surface area contributed by atoms with Gasteiger partial charge in [0.1, 0.15) is 11.3 Å². The van der Waals surface area contributed by atoms with E-state index in [1.54, 1.807) is 19.5 Å². The Kier molecular flexibility index (Phi) is 4.32. The first-order valence-corrected chi connectivity index (χ1v) is 11.5. The van der Waals surface area contributed by atoms with Crippen molar-refractivity contribution >= 4 is 38.6 Å². The fourth-order valence-electron chi connectivity index (χ4n) is 5.02. The molecule has 0 spiro atoms. The number of ether oxygens (including phenoxy) is 1. The van der Waals surface area contributed by atoms with Crippen molar-refractivity contribution in [2.24, 2.45) is 0 Å². The van der Waals surface area contributed by atoms with Crippen LogP contribution < -0.4 is 4.74 Å². The molecule has 0 radical (unpaired) electrons. The highest BCUT2D eigenvalue weighted by atomic mass is 16.5. The van der Waals surface area contributed by atoms with Gasteiger partial charge in [0, 0.05) is 40.8 Å². The van der Waals surface area contributed by atoms with Crippen molar-refractivity contribution in [2.75, 3.05) is 7.11 Å². The van der Waals surface area contributed by atoms with Crippen molar-refractivity contribution in [1.82, 2.24) is 23.9 Å². The van der Waals surface area contributed by atoms with E-state index in [4.69, 9.17) is 14.7 Å². The predicted molar refractivity (Wildman–Crippen MR) is 139 cm³/mol. The standard InChI is InChI=1S/C29H21N5O/c1-35-21-11-7-10-20(16-21)26-28-25(27-29(32-26)33-15-14-30-17-24(33)31-27)22-12-5-6-13-23(22)34(28)18-19-8-3-2-4-9-19/h2-17H,18H2,1H3. The quantitative estimate of drug-likeness (QED) is 0.321. The normalized spacial score (nSPS) is 11.7. The lowest BCUT2D eigenvalue weighted by molar-refractivity contribution is 0.415. The highest BCUT2D eigenvalue weighted by molar-refractivity contribution is 6.21. The zero-order valence-corrected chi connectivity index (χ0v) is 19.1. The van der Waals surface area contributed by atoms with E-state index in [1.165, 1.54) is 5.56 Å². The molecule has 3 aromatic carbocycles. The summed E-state index contributed by atoms with van der Waals surface area (Å²) in [6.07, 6.45) is 5.47. The number of hydrogen-bond donors (Lipinski definition) is 0. The van der Waals surface area contributed by atoms with Gasteiger partial charge < -0.3 is 9.30 Å². The number of hydrogen-bond acceptors (Lipinski definition) is 4. The maximum absolute atomic E-state index is 5.56. The molecule has 4 aromatic heterocycles. The second-order valence-electron chi connectivity index (χ2n) is 8.59. The molecule has 0 aliphatic carbocycles. The Hall–Kier alpha value is -4.71. The number of methoxy groups -OCH3 is 1. The third-order valence-electron chi connectivity index (χ3n) is 6.58. The largest absolute Gasteiger partial charge is 0.497 e. The lowest BCUT2D eigenvalue weighted by atomic mass is 10.1. The predicted octanol–water partition coefficient (Wildman–Crippen LogP) is 6.11. The molecule has 0 aliphatic rings. The summed E-state index contributed by atoms with van der Waals surface area (Å²) in [4.78, 5) is 14.5. The second kappa shape index (κ2) is 7.67. The van der Waals surface area contributed by atoms with Crippen LogP contribution in [0.4, 0.5) is 0 Å². The fraction of sp³-hybridized carbons (Fsp3) is 0.0690. The van der Waals surface area contributed by atoms with E-state index in [9.17, 15) is 0 Å². The minimum Gasteiger partial charge on any atom is -0.497 e. The molecule has 4 heterocycles. The van der Waals surface area contributed by atoms with Crippen molar-refractivity contribution in [1.29, 1.82) is 0 Å². The number of benzene rings is 3. The molecule has 168 valence electrons. The van der Waals surface area contributed by atoms with Crippen molar-refractivity contribution in [3.63, 3.8) is 0 Å². The summed E-state index contributed by atoms with van der Waals surface area (Å²) >= 11 is 0. The van der Waals surface area contributed by atoms with Gasteiger partial charge in [0.25, 0.3) is 0 Å². The molecule has 7 rings (SSSR count). The monoisotopic (exact) mass is 455 g/mol. The highest BCUT2D eigenvalue weighted by Gasteiger charge is 2.22. The zero-order valence-electron chi connectivity index (χ0n) is 19.1. The van der Waals surface area contributed by atoms with Gasteiger partial charge in [0.05, 0.1) is 24.5 Å². The summed E-state index contributed by atoms with van der Waals surface area (Å²) < 4.78 is 9.93. The van der Waals surface area contributed by atoms with Gasteiger partial charge in [-0.3, -0.25) is 9.38 Å². The highest BCUT2D eigenvalue weighted by Crippen LogP contribution is 2.40. The lowest BCUT2D eigenvalue weighted by Crippen LogP contribution is -2.02. The number of para-hydroxylation sites is 1. The molecule has 7 aromatic rings. The summed E-state index contributed by atoms with van der Waals surface area (Å²) in [5.41, 5.74) is 7.81. The van der Waals surface area contributed by atoms with Crippen LogP contribution in [0.5, 0.6) is 5.75 Å². The maximum atomic E-state index is 5.56.